The van der Waals surface area contributed by atoms with Crippen LogP contribution in [0.5, 0.6) is 5.75 Å². The van der Waals surface area contributed by atoms with Gasteiger partial charge in [-0.15, -0.1) is 0 Å². The Hall–Kier alpha value is -2.08. The Labute approximate surface area is 154 Å². The molecule has 0 aliphatic carbocycles. The van der Waals surface area contributed by atoms with E-state index in [-0.39, 0.29) is 29.8 Å². The molecule has 1 spiro atoms. The fourth-order valence-electron chi connectivity index (χ4n) is 4.34. The van der Waals surface area contributed by atoms with Crippen molar-refractivity contribution >= 4 is 11.8 Å². The summed E-state index contributed by atoms with van der Waals surface area (Å²) < 4.78 is 5.59. The van der Waals surface area contributed by atoms with Gasteiger partial charge in [-0.05, 0) is 37.3 Å². The Morgan fingerprint density at radius 3 is 2.54 bits per heavy atom. The molecule has 2 aliphatic heterocycles. The van der Waals surface area contributed by atoms with E-state index in [0.29, 0.717) is 44.1 Å². The largest absolute Gasteiger partial charge is 0.493 e. The Bertz CT molecular complexity index is 668. The fraction of sp³-hybridized carbons (Fsp3) is 0.600. The third kappa shape index (κ3) is 3.43. The summed E-state index contributed by atoms with van der Waals surface area (Å²) >= 11 is 0. The van der Waals surface area contributed by atoms with Gasteiger partial charge in [-0.25, -0.2) is 0 Å². The molecule has 6 nitrogen and oxygen atoms in total. The molecule has 1 aromatic carbocycles. The zero-order valence-corrected chi connectivity index (χ0v) is 15.6. The highest BCUT2D eigenvalue weighted by Gasteiger charge is 2.48. The van der Waals surface area contributed by atoms with Crippen molar-refractivity contribution in [3.05, 3.63) is 29.8 Å². The molecule has 2 amide bonds. The highest BCUT2D eigenvalue weighted by atomic mass is 16.5. The van der Waals surface area contributed by atoms with Crippen molar-refractivity contribution in [3.8, 4) is 5.75 Å². The molecular formula is C20H28N2O4. The average molecular weight is 360 g/mol. The zero-order valence-electron chi connectivity index (χ0n) is 15.6. The van der Waals surface area contributed by atoms with E-state index in [1.807, 2.05) is 34.9 Å². The normalized spacial score (nSPS) is 21.9. The summed E-state index contributed by atoms with van der Waals surface area (Å²) in [5, 5.41) is 9.80. The summed E-state index contributed by atoms with van der Waals surface area (Å²) in [7, 11) is 0. The van der Waals surface area contributed by atoms with Crippen molar-refractivity contribution in [2.75, 3.05) is 39.4 Å². The number of hydrogen-bond acceptors (Lipinski definition) is 4. The number of para-hydroxylation sites is 1. The van der Waals surface area contributed by atoms with E-state index in [4.69, 9.17) is 4.74 Å². The topological polar surface area (TPSA) is 70.1 Å². The van der Waals surface area contributed by atoms with Crippen LogP contribution in [0.15, 0.2) is 24.3 Å². The molecule has 0 saturated carbocycles. The molecule has 2 heterocycles. The molecule has 2 saturated heterocycles. The number of ether oxygens (including phenoxy) is 1. The first-order valence-electron chi connectivity index (χ1n) is 9.38. The predicted molar refractivity (Wildman–Crippen MR) is 98.0 cm³/mol. The second-order valence-corrected chi connectivity index (χ2v) is 7.36. The number of aliphatic hydroxyl groups excluding tert-OH is 1. The fourth-order valence-corrected chi connectivity index (χ4v) is 4.34. The van der Waals surface area contributed by atoms with E-state index < -0.39 is 0 Å². The number of amides is 2. The molecule has 6 heteroatoms. The maximum absolute atomic E-state index is 13.0. The van der Waals surface area contributed by atoms with Crippen LogP contribution in [0.1, 0.15) is 37.0 Å². The van der Waals surface area contributed by atoms with Gasteiger partial charge in [-0.3, -0.25) is 9.59 Å². The lowest BCUT2D eigenvalue weighted by molar-refractivity contribution is -0.128. The highest BCUT2D eigenvalue weighted by Crippen LogP contribution is 2.44. The van der Waals surface area contributed by atoms with Crippen molar-refractivity contribution in [1.29, 1.82) is 0 Å². The molecule has 0 aromatic heterocycles. The molecule has 1 unspecified atom stereocenters. The van der Waals surface area contributed by atoms with Crippen LogP contribution in [0.2, 0.25) is 0 Å². The minimum Gasteiger partial charge on any atom is -0.493 e. The number of carbonyl (C=O) groups excluding carboxylic acids is 2. The minimum atomic E-state index is -0.0728. The Morgan fingerprint density at radius 2 is 1.92 bits per heavy atom. The van der Waals surface area contributed by atoms with Gasteiger partial charge in [-0.1, -0.05) is 12.1 Å². The van der Waals surface area contributed by atoms with Crippen LogP contribution in [0.25, 0.3) is 0 Å². The van der Waals surface area contributed by atoms with Gasteiger partial charge in [0.1, 0.15) is 5.75 Å². The number of likely N-dealkylation sites (tertiary alicyclic amines) is 2. The van der Waals surface area contributed by atoms with E-state index in [1.165, 1.54) is 0 Å². The Balaban J connectivity index is 1.70. The van der Waals surface area contributed by atoms with Gasteiger partial charge >= 0.3 is 0 Å². The molecule has 142 valence electrons. The summed E-state index contributed by atoms with van der Waals surface area (Å²) in [6, 6.07) is 7.35. The number of benzene rings is 1. The number of hydrogen-bond donors (Lipinski definition) is 1. The van der Waals surface area contributed by atoms with Crippen molar-refractivity contribution in [2.24, 2.45) is 11.3 Å². The number of piperidine rings is 1. The second-order valence-electron chi connectivity index (χ2n) is 7.36. The molecule has 1 N–H and O–H groups in total. The van der Waals surface area contributed by atoms with Crippen LogP contribution in [0, 0.1) is 11.3 Å². The molecule has 2 fully saturated rings. The van der Waals surface area contributed by atoms with Gasteiger partial charge in [0.2, 0.25) is 5.91 Å². The molecule has 0 bridgehead atoms. The number of carbonyl (C=O) groups is 2. The van der Waals surface area contributed by atoms with E-state index in [2.05, 4.69) is 0 Å². The lowest BCUT2D eigenvalue weighted by Gasteiger charge is -2.42. The number of rotatable bonds is 4. The van der Waals surface area contributed by atoms with Gasteiger partial charge in [0, 0.05) is 45.6 Å². The molecular weight excluding hydrogens is 332 g/mol. The second kappa shape index (κ2) is 7.66. The SMILES string of the molecule is CCOc1ccccc1C(=O)N1CCC2(CC1)CN(C(C)=O)CC2CO. The Morgan fingerprint density at radius 1 is 1.23 bits per heavy atom. The molecule has 2 aliphatic rings. The summed E-state index contributed by atoms with van der Waals surface area (Å²) in [5.74, 6) is 0.770. The maximum Gasteiger partial charge on any atom is 0.257 e. The van der Waals surface area contributed by atoms with Gasteiger partial charge in [-0.2, -0.15) is 0 Å². The summed E-state index contributed by atoms with van der Waals surface area (Å²) in [6.07, 6.45) is 1.62. The monoisotopic (exact) mass is 360 g/mol. The third-order valence-electron chi connectivity index (χ3n) is 5.94. The van der Waals surface area contributed by atoms with Crippen LogP contribution in [-0.4, -0.2) is 66.1 Å². The lowest BCUT2D eigenvalue weighted by Crippen LogP contribution is -2.47. The van der Waals surface area contributed by atoms with E-state index in [0.717, 1.165) is 12.8 Å². The minimum absolute atomic E-state index is 0.00845. The van der Waals surface area contributed by atoms with Crippen molar-refractivity contribution in [1.82, 2.24) is 9.80 Å². The third-order valence-corrected chi connectivity index (χ3v) is 5.94. The first-order valence-corrected chi connectivity index (χ1v) is 9.38. The maximum atomic E-state index is 13.0. The first-order chi connectivity index (χ1) is 12.5. The molecule has 3 rings (SSSR count). The van der Waals surface area contributed by atoms with Crippen LogP contribution >= 0.6 is 0 Å². The zero-order chi connectivity index (χ0) is 18.7. The quantitative estimate of drug-likeness (QED) is 0.889. The first kappa shape index (κ1) is 18.7. The standard InChI is InChI=1S/C20H28N2O4/c1-3-26-18-7-5-4-6-17(18)19(25)21-10-8-20(9-11-21)14-22(15(2)24)12-16(20)13-23/h4-7,16,23H,3,8-14H2,1-2H3. The van der Waals surface area contributed by atoms with Gasteiger partial charge in [0.25, 0.3) is 5.91 Å². The van der Waals surface area contributed by atoms with Gasteiger partial charge < -0.3 is 19.6 Å². The molecule has 0 radical (unpaired) electrons. The molecule has 26 heavy (non-hydrogen) atoms. The average Bonchev–Trinajstić information content (AvgIpc) is 3.01. The van der Waals surface area contributed by atoms with E-state index >= 15 is 0 Å². The van der Waals surface area contributed by atoms with Crippen molar-refractivity contribution in [3.63, 3.8) is 0 Å². The lowest BCUT2D eigenvalue weighted by atomic mass is 9.71. The van der Waals surface area contributed by atoms with Crippen molar-refractivity contribution in [2.45, 2.75) is 26.7 Å². The summed E-state index contributed by atoms with van der Waals surface area (Å²) in [5.41, 5.74) is 0.525. The van der Waals surface area contributed by atoms with Crippen LogP contribution in [-0.2, 0) is 4.79 Å². The van der Waals surface area contributed by atoms with Crippen LogP contribution < -0.4 is 4.74 Å². The molecule has 1 aromatic rings. The van der Waals surface area contributed by atoms with E-state index in [1.54, 1.807) is 13.0 Å². The predicted octanol–water partition coefficient (Wildman–Crippen LogP) is 1.78. The van der Waals surface area contributed by atoms with Crippen LogP contribution in [0.4, 0.5) is 0 Å². The highest BCUT2D eigenvalue weighted by molar-refractivity contribution is 5.97. The molecule has 1 atom stereocenters. The Kier molecular flexibility index (Phi) is 5.51. The number of aliphatic hydroxyl groups is 1. The smallest absolute Gasteiger partial charge is 0.257 e. The van der Waals surface area contributed by atoms with Gasteiger partial charge in [0.05, 0.1) is 12.2 Å². The van der Waals surface area contributed by atoms with Crippen LogP contribution in [0.3, 0.4) is 0 Å². The van der Waals surface area contributed by atoms with Gasteiger partial charge in [0.15, 0.2) is 0 Å². The van der Waals surface area contributed by atoms with E-state index in [9.17, 15) is 14.7 Å². The number of nitrogens with zero attached hydrogens (tertiary/aromatic N) is 2. The van der Waals surface area contributed by atoms with Crippen molar-refractivity contribution < 1.29 is 19.4 Å². The summed E-state index contributed by atoms with van der Waals surface area (Å²) in [4.78, 5) is 28.4. The summed E-state index contributed by atoms with van der Waals surface area (Å²) in [6.45, 7) is 6.68.